The molecule has 4 atom stereocenters. The molecule has 4 rings (SSSR count). The highest BCUT2D eigenvalue weighted by molar-refractivity contribution is 5.93. The van der Waals surface area contributed by atoms with E-state index >= 15 is 0 Å². The normalized spacial score (nSPS) is 26.6. The lowest BCUT2D eigenvalue weighted by Gasteiger charge is -2.40. The molecular formula is C26H39FN4O2. The number of amides is 2. The van der Waals surface area contributed by atoms with Crippen molar-refractivity contribution in [2.24, 2.45) is 5.92 Å². The summed E-state index contributed by atoms with van der Waals surface area (Å²) in [4.78, 5) is 28.0. The molecule has 0 spiro atoms. The van der Waals surface area contributed by atoms with Gasteiger partial charge in [-0.15, -0.1) is 0 Å². The predicted molar refractivity (Wildman–Crippen MR) is 129 cm³/mol. The SMILES string of the molecule is Cc1ccc(F)c2c1NC(C(=O)NC(C(=O)N(C)C)C1CCCC(C3CCCCCC3)N1)C2. The van der Waals surface area contributed by atoms with E-state index in [0.717, 1.165) is 24.8 Å². The highest BCUT2D eigenvalue weighted by Gasteiger charge is 2.39. The van der Waals surface area contributed by atoms with Crippen molar-refractivity contribution in [2.75, 3.05) is 19.4 Å². The van der Waals surface area contributed by atoms with Crippen molar-refractivity contribution >= 4 is 17.5 Å². The van der Waals surface area contributed by atoms with E-state index in [0.29, 0.717) is 29.6 Å². The van der Waals surface area contributed by atoms with Crippen molar-refractivity contribution in [1.29, 1.82) is 0 Å². The van der Waals surface area contributed by atoms with Gasteiger partial charge in [0.2, 0.25) is 11.8 Å². The molecule has 0 bridgehead atoms. The van der Waals surface area contributed by atoms with Gasteiger partial charge in [0.25, 0.3) is 0 Å². The number of anilines is 1. The molecule has 3 aliphatic rings. The molecule has 33 heavy (non-hydrogen) atoms. The van der Waals surface area contributed by atoms with E-state index in [-0.39, 0.29) is 23.7 Å². The maximum atomic E-state index is 14.3. The average Bonchev–Trinajstić information content (AvgIpc) is 3.10. The summed E-state index contributed by atoms with van der Waals surface area (Å²) in [6.45, 7) is 1.91. The first-order valence-corrected chi connectivity index (χ1v) is 12.7. The van der Waals surface area contributed by atoms with E-state index in [1.165, 1.54) is 44.6 Å². The summed E-state index contributed by atoms with van der Waals surface area (Å²) in [5.41, 5.74) is 2.17. The molecule has 7 heteroatoms. The predicted octanol–water partition coefficient (Wildman–Crippen LogP) is 3.52. The summed E-state index contributed by atoms with van der Waals surface area (Å²) in [6.07, 6.45) is 11.1. The third kappa shape index (κ3) is 5.34. The first-order valence-electron chi connectivity index (χ1n) is 12.7. The van der Waals surface area contributed by atoms with Gasteiger partial charge in [-0.2, -0.15) is 0 Å². The van der Waals surface area contributed by atoms with Crippen molar-refractivity contribution in [3.63, 3.8) is 0 Å². The number of benzene rings is 1. The fourth-order valence-electron chi connectivity index (χ4n) is 5.94. The summed E-state index contributed by atoms with van der Waals surface area (Å²) >= 11 is 0. The van der Waals surface area contributed by atoms with E-state index in [2.05, 4.69) is 16.0 Å². The summed E-state index contributed by atoms with van der Waals surface area (Å²) in [5, 5.41) is 10.0. The van der Waals surface area contributed by atoms with Crippen LogP contribution in [0, 0.1) is 18.7 Å². The van der Waals surface area contributed by atoms with Gasteiger partial charge in [-0.3, -0.25) is 9.59 Å². The Labute approximate surface area is 197 Å². The second kappa shape index (κ2) is 10.4. The van der Waals surface area contributed by atoms with Crippen LogP contribution in [0.15, 0.2) is 12.1 Å². The maximum absolute atomic E-state index is 14.3. The maximum Gasteiger partial charge on any atom is 0.246 e. The highest BCUT2D eigenvalue weighted by Crippen LogP contribution is 2.33. The molecular weight excluding hydrogens is 419 g/mol. The number of nitrogens with zero attached hydrogens (tertiary/aromatic N) is 1. The highest BCUT2D eigenvalue weighted by atomic mass is 19.1. The monoisotopic (exact) mass is 458 g/mol. The number of aryl methyl sites for hydroxylation is 1. The summed E-state index contributed by atoms with van der Waals surface area (Å²) in [5.74, 6) is 0.0152. The van der Waals surface area contributed by atoms with Gasteiger partial charge in [0, 0.05) is 43.9 Å². The molecule has 1 saturated carbocycles. The Balaban J connectivity index is 1.46. The fraction of sp³-hybridized carbons (Fsp3) is 0.692. The zero-order valence-corrected chi connectivity index (χ0v) is 20.3. The number of carbonyl (C=O) groups excluding carboxylic acids is 2. The molecule has 0 aromatic heterocycles. The van der Waals surface area contributed by atoms with E-state index in [9.17, 15) is 14.0 Å². The lowest BCUT2D eigenvalue weighted by molar-refractivity contribution is -0.135. The van der Waals surface area contributed by atoms with Crippen LogP contribution < -0.4 is 16.0 Å². The van der Waals surface area contributed by atoms with Crippen LogP contribution in [0.25, 0.3) is 0 Å². The van der Waals surface area contributed by atoms with E-state index in [4.69, 9.17) is 0 Å². The molecule has 2 amide bonds. The Bertz CT molecular complexity index is 835. The molecule has 4 unspecified atom stereocenters. The molecule has 2 heterocycles. The van der Waals surface area contributed by atoms with Crippen LogP contribution in [0.2, 0.25) is 0 Å². The second-order valence-corrected chi connectivity index (χ2v) is 10.4. The van der Waals surface area contributed by atoms with Gasteiger partial charge in [0.15, 0.2) is 0 Å². The van der Waals surface area contributed by atoms with Crippen molar-refractivity contribution in [3.05, 3.63) is 29.1 Å². The van der Waals surface area contributed by atoms with E-state index in [1.54, 1.807) is 25.1 Å². The third-order valence-electron chi connectivity index (χ3n) is 7.84. The number of hydrogen-bond acceptors (Lipinski definition) is 4. The van der Waals surface area contributed by atoms with E-state index < -0.39 is 12.1 Å². The molecule has 6 nitrogen and oxygen atoms in total. The quantitative estimate of drug-likeness (QED) is 0.591. The number of nitrogens with one attached hydrogen (secondary N) is 3. The number of rotatable bonds is 5. The van der Waals surface area contributed by atoms with Gasteiger partial charge >= 0.3 is 0 Å². The minimum absolute atomic E-state index is 0.0897. The van der Waals surface area contributed by atoms with E-state index in [1.807, 2.05) is 6.92 Å². The molecule has 1 saturated heterocycles. The number of piperidine rings is 1. The minimum atomic E-state index is -0.627. The summed E-state index contributed by atoms with van der Waals surface area (Å²) in [6, 6.07) is 2.29. The van der Waals surface area contributed by atoms with Crippen LogP contribution in [-0.4, -0.2) is 55.0 Å². The fourth-order valence-corrected chi connectivity index (χ4v) is 5.94. The number of carbonyl (C=O) groups is 2. The van der Waals surface area contributed by atoms with Gasteiger partial charge < -0.3 is 20.9 Å². The molecule has 1 aromatic rings. The summed E-state index contributed by atoms with van der Waals surface area (Å²) in [7, 11) is 3.46. The Hall–Kier alpha value is -2.15. The Morgan fingerprint density at radius 2 is 1.79 bits per heavy atom. The average molecular weight is 459 g/mol. The molecule has 0 radical (unpaired) electrons. The second-order valence-electron chi connectivity index (χ2n) is 10.4. The number of fused-ring (bicyclic) bond motifs is 1. The number of likely N-dealkylation sites (N-methyl/N-ethyl adjacent to an activating group) is 1. The van der Waals surface area contributed by atoms with Gasteiger partial charge in [-0.05, 0) is 50.2 Å². The molecule has 182 valence electrons. The van der Waals surface area contributed by atoms with Gasteiger partial charge in [-0.25, -0.2) is 4.39 Å². The zero-order chi connectivity index (χ0) is 23.5. The lowest BCUT2D eigenvalue weighted by atomic mass is 9.83. The molecule has 1 aliphatic carbocycles. The third-order valence-corrected chi connectivity index (χ3v) is 7.84. The van der Waals surface area contributed by atoms with Crippen LogP contribution in [0.5, 0.6) is 0 Å². The topological polar surface area (TPSA) is 73.5 Å². The Morgan fingerprint density at radius 1 is 1.06 bits per heavy atom. The largest absolute Gasteiger partial charge is 0.373 e. The van der Waals surface area contributed by atoms with Gasteiger partial charge in [-0.1, -0.05) is 38.2 Å². The number of halogens is 1. The first-order chi connectivity index (χ1) is 15.8. The molecule has 2 aliphatic heterocycles. The smallest absolute Gasteiger partial charge is 0.246 e. The van der Waals surface area contributed by atoms with Crippen molar-refractivity contribution < 1.29 is 14.0 Å². The number of hydrogen-bond donors (Lipinski definition) is 3. The van der Waals surface area contributed by atoms with Gasteiger partial charge in [0.05, 0.1) is 0 Å². The van der Waals surface area contributed by atoms with Crippen molar-refractivity contribution in [3.8, 4) is 0 Å². The van der Waals surface area contributed by atoms with Crippen molar-refractivity contribution in [2.45, 2.75) is 95.3 Å². The Kier molecular flexibility index (Phi) is 7.57. The Morgan fingerprint density at radius 3 is 2.45 bits per heavy atom. The van der Waals surface area contributed by atoms with Crippen molar-refractivity contribution in [1.82, 2.24) is 15.5 Å². The van der Waals surface area contributed by atoms with Crippen LogP contribution in [0.4, 0.5) is 10.1 Å². The standard InChI is InChI=1S/C26H39FN4O2/c1-16-13-14-19(27)18-15-22(29-23(16)18)25(32)30-24(26(33)31(2)3)21-12-8-11-20(28-21)17-9-6-4-5-7-10-17/h13-14,17,20-22,24,28-29H,4-12,15H2,1-3H3,(H,30,32). The van der Waals surface area contributed by atoms with Crippen LogP contribution in [0.1, 0.15) is 68.9 Å². The van der Waals surface area contributed by atoms with Gasteiger partial charge in [0.1, 0.15) is 17.9 Å². The van der Waals surface area contributed by atoms with Crippen LogP contribution in [-0.2, 0) is 16.0 Å². The molecule has 2 fully saturated rings. The van der Waals surface area contributed by atoms with Crippen LogP contribution >= 0.6 is 0 Å². The first kappa shape index (κ1) is 24.0. The van der Waals surface area contributed by atoms with Crippen LogP contribution in [0.3, 0.4) is 0 Å². The summed E-state index contributed by atoms with van der Waals surface area (Å²) < 4.78 is 14.3. The zero-order valence-electron chi connectivity index (χ0n) is 20.3. The molecule has 1 aromatic carbocycles. The molecule has 3 N–H and O–H groups in total. The minimum Gasteiger partial charge on any atom is -0.373 e. The lowest BCUT2D eigenvalue weighted by Crippen LogP contribution is -2.62.